The summed E-state index contributed by atoms with van der Waals surface area (Å²) in [5.74, 6) is 4.91. The Morgan fingerprint density at radius 1 is 1.31 bits per heavy atom. The Bertz CT molecular complexity index is 292. The molecule has 0 amide bonds. The van der Waals surface area contributed by atoms with Crippen molar-refractivity contribution in [3.05, 3.63) is 35.9 Å². The first-order valence-corrected chi connectivity index (χ1v) is 3.67. The quantitative estimate of drug-likeness (QED) is 0.387. The zero-order valence-electron chi connectivity index (χ0n) is 8.57. The third-order valence-corrected chi connectivity index (χ3v) is 1.43. The summed E-state index contributed by atoms with van der Waals surface area (Å²) >= 11 is 0. The minimum atomic E-state index is -0.793. The normalized spacial score (nSPS) is 10.6. The molecular formula is C10H11NaO2. The molecule has 0 bridgehead atoms. The predicted octanol–water partition coefficient (Wildman–Crippen LogP) is -2.17. The number of rotatable bonds is 1. The average molecular weight is 186 g/mol. The van der Waals surface area contributed by atoms with Crippen molar-refractivity contribution in [3.8, 4) is 11.8 Å². The Balaban J connectivity index is 0. The van der Waals surface area contributed by atoms with E-state index in [-0.39, 0.29) is 37.6 Å². The van der Waals surface area contributed by atoms with Crippen LogP contribution in [0.1, 0.15) is 13.1 Å². The van der Waals surface area contributed by atoms with Gasteiger partial charge in [-0.15, -0.1) is 0 Å². The molecular weight excluding hydrogens is 175 g/mol. The summed E-state index contributed by atoms with van der Waals surface area (Å²) in [6.45, 7) is -0.218. The summed E-state index contributed by atoms with van der Waals surface area (Å²) in [5, 5.41) is 17.7. The van der Waals surface area contributed by atoms with Crippen LogP contribution in [0.15, 0.2) is 30.3 Å². The smallest absolute Gasteiger partial charge is 1.00 e. The van der Waals surface area contributed by atoms with E-state index in [4.69, 9.17) is 5.11 Å². The Morgan fingerprint density at radius 2 is 1.92 bits per heavy atom. The molecule has 0 saturated carbocycles. The first-order valence-electron chi connectivity index (χ1n) is 3.67. The molecule has 3 heteroatoms. The average Bonchev–Trinajstić information content (AvgIpc) is 2.15. The molecule has 64 valence electrons. The molecule has 0 heterocycles. The fourth-order valence-electron chi connectivity index (χ4n) is 0.861. The number of aliphatic hydroxyl groups excluding tert-OH is 2. The third kappa shape index (κ3) is 4.47. The molecule has 1 aromatic rings. The molecule has 0 aliphatic carbocycles. The van der Waals surface area contributed by atoms with E-state index in [9.17, 15) is 5.11 Å². The van der Waals surface area contributed by atoms with Gasteiger partial charge in [0, 0.05) is 0 Å². The van der Waals surface area contributed by atoms with E-state index in [1.165, 1.54) is 0 Å². The molecule has 0 aromatic heterocycles. The summed E-state index contributed by atoms with van der Waals surface area (Å²) in [6.07, 6.45) is -0.793. The second kappa shape index (κ2) is 7.14. The Labute approximate surface area is 101 Å². The molecule has 0 aliphatic rings. The largest absolute Gasteiger partial charge is 1.00 e. The van der Waals surface area contributed by atoms with Crippen molar-refractivity contribution in [1.29, 1.82) is 0 Å². The van der Waals surface area contributed by atoms with Crippen LogP contribution in [0.4, 0.5) is 0 Å². The van der Waals surface area contributed by atoms with Gasteiger partial charge in [0.2, 0.25) is 0 Å². The maximum absolute atomic E-state index is 9.37. The molecule has 2 nitrogen and oxygen atoms in total. The second-order valence-electron chi connectivity index (χ2n) is 2.29. The monoisotopic (exact) mass is 186 g/mol. The summed E-state index contributed by atoms with van der Waals surface area (Å²) in [4.78, 5) is 0. The first kappa shape index (κ1) is 12.7. The molecule has 0 fully saturated rings. The van der Waals surface area contributed by atoms with E-state index >= 15 is 0 Å². The Kier molecular flexibility index (Phi) is 6.97. The van der Waals surface area contributed by atoms with E-state index in [0.717, 1.165) is 5.56 Å². The number of benzene rings is 1. The molecule has 1 rings (SSSR count). The Hall–Kier alpha value is -0.300. The number of aliphatic hydroxyl groups is 2. The number of hydrogen-bond donors (Lipinski definition) is 2. The van der Waals surface area contributed by atoms with Crippen LogP contribution in [0, 0.1) is 11.8 Å². The molecule has 1 atom stereocenters. The van der Waals surface area contributed by atoms with Crippen molar-refractivity contribution in [1.82, 2.24) is 0 Å². The Morgan fingerprint density at radius 3 is 2.46 bits per heavy atom. The van der Waals surface area contributed by atoms with Crippen molar-refractivity contribution >= 4 is 0 Å². The van der Waals surface area contributed by atoms with Gasteiger partial charge in [0.1, 0.15) is 12.7 Å². The van der Waals surface area contributed by atoms with Gasteiger partial charge in [-0.25, -0.2) is 0 Å². The summed E-state index contributed by atoms with van der Waals surface area (Å²) in [5.41, 5.74) is 0.749. The molecule has 0 saturated heterocycles. The van der Waals surface area contributed by atoms with Gasteiger partial charge in [-0.05, 0) is 5.56 Å². The van der Waals surface area contributed by atoms with Gasteiger partial charge in [-0.3, -0.25) is 0 Å². The third-order valence-electron chi connectivity index (χ3n) is 1.43. The minimum Gasteiger partial charge on any atom is -1.00 e. The fraction of sp³-hybridized carbons (Fsp3) is 0.200. The zero-order valence-corrected chi connectivity index (χ0v) is 9.57. The summed E-state index contributed by atoms with van der Waals surface area (Å²) < 4.78 is 0. The molecule has 1 aromatic carbocycles. The summed E-state index contributed by atoms with van der Waals surface area (Å²) in [6, 6.07) is 9.11. The van der Waals surface area contributed by atoms with E-state index < -0.39 is 6.10 Å². The van der Waals surface area contributed by atoms with Crippen molar-refractivity contribution in [2.45, 2.75) is 6.10 Å². The van der Waals surface area contributed by atoms with Crippen LogP contribution >= 0.6 is 0 Å². The van der Waals surface area contributed by atoms with Gasteiger partial charge in [0.05, 0.1) is 0 Å². The molecule has 0 spiro atoms. The first-order chi connectivity index (χ1) is 5.84. The zero-order chi connectivity index (χ0) is 8.81. The predicted molar refractivity (Wildman–Crippen MR) is 47.4 cm³/mol. The van der Waals surface area contributed by atoms with Crippen LogP contribution in [0.2, 0.25) is 0 Å². The van der Waals surface area contributed by atoms with Gasteiger partial charge < -0.3 is 11.6 Å². The standard InChI is InChI=1S/C10H10O2.Na.H/c11-8-4-7-10(12)9-5-2-1-3-6-9;;/h1-3,5-6,10-12H,8H2;;/q;+1;-1. The van der Waals surface area contributed by atoms with Gasteiger partial charge in [0.25, 0.3) is 0 Å². The topological polar surface area (TPSA) is 40.5 Å². The molecule has 13 heavy (non-hydrogen) atoms. The molecule has 0 radical (unpaired) electrons. The SMILES string of the molecule is OCC#CC(O)c1ccccc1.[H-].[Na+]. The maximum Gasteiger partial charge on any atom is 1.00 e. The van der Waals surface area contributed by atoms with Crippen molar-refractivity contribution in [2.24, 2.45) is 0 Å². The van der Waals surface area contributed by atoms with E-state index in [1.807, 2.05) is 18.2 Å². The van der Waals surface area contributed by atoms with Gasteiger partial charge in [0.15, 0.2) is 0 Å². The van der Waals surface area contributed by atoms with Crippen molar-refractivity contribution < 1.29 is 41.2 Å². The van der Waals surface area contributed by atoms with Crippen LogP contribution in [0.5, 0.6) is 0 Å². The van der Waals surface area contributed by atoms with E-state index in [2.05, 4.69) is 11.8 Å². The van der Waals surface area contributed by atoms with Crippen LogP contribution < -0.4 is 29.6 Å². The molecule has 2 N–H and O–H groups in total. The van der Waals surface area contributed by atoms with E-state index in [0.29, 0.717) is 0 Å². The van der Waals surface area contributed by atoms with E-state index in [1.54, 1.807) is 12.1 Å². The van der Waals surface area contributed by atoms with Crippen LogP contribution in [-0.2, 0) is 0 Å². The second-order valence-corrected chi connectivity index (χ2v) is 2.29. The maximum atomic E-state index is 9.37. The molecule has 1 unspecified atom stereocenters. The summed E-state index contributed by atoms with van der Waals surface area (Å²) in [7, 11) is 0. The fourth-order valence-corrected chi connectivity index (χ4v) is 0.861. The van der Waals surface area contributed by atoms with Gasteiger partial charge >= 0.3 is 29.6 Å². The molecule has 0 aliphatic heterocycles. The minimum absolute atomic E-state index is 0. The number of hydrogen-bond acceptors (Lipinski definition) is 2. The van der Waals surface area contributed by atoms with Crippen LogP contribution in [0.25, 0.3) is 0 Å². The van der Waals surface area contributed by atoms with Gasteiger partial charge in [-0.1, -0.05) is 42.2 Å². The van der Waals surface area contributed by atoms with Crippen LogP contribution in [0.3, 0.4) is 0 Å². The van der Waals surface area contributed by atoms with Crippen molar-refractivity contribution in [2.75, 3.05) is 6.61 Å². The van der Waals surface area contributed by atoms with Crippen molar-refractivity contribution in [3.63, 3.8) is 0 Å². The van der Waals surface area contributed by atoms with Gasteiger partial charge in [-0.2, -0.15) is 0 Å². The van der Waals surface area contributed by atoms with Crippen LogP contribution in [-0.4, -0.2) is 16.8 Å².